The number of sulfonamides is 1. The number of benzene rings is 1. The molecule has 1 aromatic carbocycles. The smallest absolute Gasteiger partial charge is 0.232 e. The molecule has 4 heteroatoms. The van der Waals surface area contributed by atoms with Crippen LogP contribution < -0.4 is 4.31 Å². The Morgan fingerprint density at radius 3 is 1.71 bits per heavy atom. The van der Waals surface area contributed by atoms with E-state index in [0.717, 1.165) is 16.8 Å². The van der Waals surface area contributed by atoms with E-state index in [1.807, 2.05) is 52.8 Å². The van der Waals surface area contributed by atoms with E-state index in [-0.39, 0.29) is 0 Å². The molecule has 0 saturated heterocycles. The molecule has 17 heavy (non-hydrogen) atoms. The molecule has 0 aromatic heterocycles. The van der Waals surface area contributed by atoms with Gasteiger partial charge in [0.1, 0.15) is 0 Å². The summed E-state index contributed by atoms with van der Waals surface area (Å²) in [5.74, 6) is 0. The number of aryl methyl sites for hydroxylation is 2. The van der Waals surface area contributed by atoms with Gasteiger partial charge < -0.3 is 0 Å². The Balaban J connectivity index is 3.44. The van der Waals surface area contributed by atoms with E-state index in [9.17, 15) is 8.42 Å². The predicted molar refractivity (Wildman–Crippen MR) is 73.0 cm³/mol. The topological polar surface area (TPSA) is 37.4 Å². The van der Waals surface area contributed by atoms with Gasteiger partial charge in [0.25, 0.3) is 0 Å². The largest absolute Gasteiger partial charge is 0.265 e. The van der Waals surface area contributed by atoms with Crippen LogP contribution in [0.3, 0.4) is 0 Å². The van der Waals surface area contributed by atoms with Gasteiger partial charge in [0.15, 0.2) is 0 Å². The van der Waals surface area contributed by atoms with E-state index in [1.165, 1.54) is 10.6 Å². The van der Waals surface area contributed by atoms with Crippen molar-refractivity contribution in [1.29, 1.82) is 0 Å². The molecule has 1 rings (SSSR count). The summed E-state index contributed by atoms with van der Waals surface area (Å²) in [6.45, 7) is 9.63. The lowest BCUT2D eigenvalue weighted by Crippen LogP contribution is -2.45. The first-order chi connectivity index (χ1) is 7.51. The fourth-order valence-corrected chi connectivity index (χ4v) is 3.63. The molecular formula is C13H21NO2S. The van der Waals surface area contributed by atoms with Crippen LogP contribution in [0.1, 0.15) is 31.9 Å². The molecule has 0 atom stereocenters. The molecule has 96 valence electrons. The maximum atomic E-state index is 11.9. The Morgan fingerprint density at radius 2 is 1.41 bits per heavy atom. The molecule has 0 radical (unpaired) electrons. The van der Waals surface area contributed by atoms with Crippen LogP contribution in [0.15, 0.2) is 18.2 Å². The quantitative estimate of drug-likeness (QED) is 0.815. The highest BCUT2D eigenvalue weighted by Gasteiger charge is 2.29. The van der Waals surface area contributed by atoms with Crippen molar-refractivity contribution >= 4 is 15.7 Å². The SMILES string of the molecule is Cc1cc(C)cc(N(C(C)(C)C)S(C)(=O)=O)c1. The number of nitrogens with zero attached hydrogens (tertiary/aromatic N) is 1. The summed E-state index contributed by atoms with van der Waals surface area (Å²) < 4.78 is 25.3. The van der Waals surface area contributed by atoms with E-state index in [1.54, 1.807) is 0 Å². The van der Waals surface area contributed by atoms with Crippen LogP contribution in [-0.4, -0.2) is 20.2 Å². The van der Waals surface area contributed by atoms with Crippen molar-refractivity contribution in [3.05, 3.63) is 29.3 Å². The van der Waals surface area contributed by atoms with Gasteiger partial charge in [-0.15, -0.1) is 0 Å². The van der Waals surface area contributed by atoms with E-state index in [0.29, 0.717) is 0 Å². The van der Waals surface area contributed by atoms with Crippen molar-refractivity contribution in [2.45, 2.75) is 40.2 Å². The molecule has 0 saturated carbocycles. The molecule has 0 N–H and O–H groups in total. The number of hydrogen-bond acceptors (Lipinski definition) is 2. The molecule has 0 aliphatic rings. The first-order valence-corrected chi connectivity index (χ1v) is 7.45. The molecule has 1 aromatic rings. The molecule has 0 heterocycles. The van der Waals surface area contributed by atoms with Gasteiger partial charge in [0.05, 0.1) is 11.9 Å². The molecule has 3 nitrogen and oxygen atoms in total. The van der Waals surface area contributed by atoms with Gasteiger partial charge in [-0.2, -0.15) is 0 Å². The lowest BCUT2D eigenvalue weighted by atomic mass is 10.1. The van der Waals surface area contributed by atoms with Crippen molar-refractivity contribution in [1.82, 2.24) is 0 Å². The van der Waals surface area contributed by atoms with Gasteiger partial charge in [0.2, 0.25) is 10.0 Å². The van der Waals surface area contributed by atoms with Crippen LogP contribution in [-0.2, 0) is 10.0 Å². The molecule has 0 fully saturated rings. The highest BCUT2D eigenvalue weighted by atomic mass is 32.2. The molecule has 0 amide bonds. The van der Waals surface area contributed by atoms with Crippen LogP contribution in [0.2, 0.25) is 0 Å². The highest BCUT2D eigenvalue weighted by Crippen LogP contribution is 2.28. The minimum atomic E-state index is -3.28. The van der Waals surface area contributed by atoms with Crippen LogP contribution in [0, 0.1) is 13.8 Å². The number of hydrogen-bond donors (Lipinski definition) is 0. The Hall–Kier alpha value is -1.03. The molecule has 0 bridgehead atoms. The van der Waals surface area contributed by atoms with E-state index < -0.39 is 15.6 Å². The summed E-state index contributed by atoms with van der Waals surface area (Å²) in [6.07, 6.45) is 1.25. The molecule has 0 spiro atoms. The average molecular weight is 255 g/mol. The summed E-state index contributed by atoms with van der Waals surface area (Å²) in [5, 5.41) is 0. The fraction of sp³-hybridized carbons (Fsp3) is 0.538. The van der Waals surface area contributed by atoms with Gasteiger partial charge in [0, 0.05) is 5.54 Å². The van der Waals surface area contributed by atoms with E-state index in [2.05, 4.69) is 0 Å². The lowest BCUT2D eigenvalue weighted by Gasteiger charge is -2.35. The van der Waals surface area contributed by atoms with Crippen molar-refractivity contribution < 1.29 is 8.42 Å². The zero-order valence-electron chi connectivity index (χ0n) is 11.4. The Labute approximate surface area is 105 Å². The molecule has 0 aliphatic heterocycles. The normalized spacial score (nSPS) is 12.6. The standard InChI is InChI=1S/C13H21NO2S/c1-10-7-11(2)9-12(8-10)14(13(3,4)5)17(6,15)16/h7-9H,1-6H3. The minimum absolute atomic E-state index is 0.464. The molecular weight excluding hydrogens is 234 g/mol. The monoisotopic (exact) mass is 255 g/mol. The van der Waals surface area contributed by atoms with E-state index in [4.69, 9.17) is 0 Å². The third kappa shape index (κ3) is 3.46. The van der Waals surface area contributed by atoms with Crippen LogP contribution in [0.5, 0.6) is 0 Å². The number of rotatable bonds is 2. The van der Waals surface area contributed by atoms with E-state index >= 15 is 0 Å². The zero-order valence-corrected chi connectivity index (χ0v) is 12.2. The second-order valence-electron chi connectivity index (χ2n) is 5.54. The molecule has 0 aliphatic carbocycles. The second kappa shape index (κ2) is 4.33. The maximum absolute atomic E-state index is 11.9. The molecule has 0 unspecified atom stereocenters. The van der Waals surface area contributed by atoms with Crippen LogP contribution in [0.25, 0.3) is 0 Å². The zero-order chi connectivity index (χ0) is 13.4. The third-order valence-electron chi connectivity index (χ3n) is 2.38. The maximum Gasteiger partial charge on any atom is 0.232 e. The average Bonchev–Trinajstić information content (AvgIpc) is 1.93. The van der Waals surface area contributed by atoms with Crippen LogP contribution in [0.4, 0.5) is 5.69 Å². The first kappa shape index (κ1) is 14.0. The van der Waals surface area contributed by atoms with Crippen molar-refractivity contribution in [2.75, 3.05) is 10.6 Å². The Bertz CT molecular complexity index is 492. The fourth-order valence-electron chi connectivity index (χ4n) is 2.14. The van der Waals surface area contributed by atoms with Gasteiger partial charge in [-0.3, -0.25) is 4.31 Å². The van der Waals surface area contributed by atoms with Gasteiger partial charge >= 0.3 is 0 Å². The van der Waals surface area contributed by atoms with Gasteiger partial charge in [-0.1, -0.05) is 6.07 Å². The third-order valence-corrected chi connectivity index (χ3v) is 3.80. The summed E-state index contributed by atoms with van der Waals surface area (Å²) in [4.78, 5) is 0. The van der Waals surface area contributed by atoms with Crippen molar-refractivity contribution in [3.8, 4) is 0 Å². The Kier molecular flexibility index (Phi) is 3.58. The Morgan fingerprint density at radius 1 is 1.00 bits per heavy atom. The van der Waals surface area contributed by atoms with Crippen LogP contribution >= 0.6 is 0 Å². The van der Waals surface area contributed by atoms with Gasteiger partial charge in [-0.25, -0.2) is 8.42 Å². The highest BCUT2D eigenvalue weighted by molar-refractivity contribution is 7.92. The summed E-state index contributed by atoms with van der Waals surface area (Å²) in [6, 6.07) is 5.84. The number of anilines is 1. The second-order valence-corrected chi connectivity index (χ2v) is 7.38. The summed E-state index contributed by atoms with van der Waals surface area (Å²) in [5.41, 5.74) is 2.40. The van der Waals surface area contributed by atoms with Crippen molar-refractivity contribution in [3.63, 3.8) is 0 Å². The summed E-state index contributed by atoms with van der Waals surface area (Å²) >= 11 is 0. The first-order valence-electron chi connectivity index (χ1n) is 5.60. The minimum Gasteiger partial charge on any atom is -0.265 e. The van der Waals surface area contributed by atoms with Crippen molar-refractivity contribution in [2.24, 2.45) is 0 Å². The summed E-state index contributed by atoms with van der Waals surface area (Å²) in [7, 11) is -3.28. The predicted octanol–water partition coefficient (Wildman–Crippen LogP) is 2.87. The lowest BCUT2D eigenvalue weighted by molar-refractivity contribution is 0.539. The van der Waals surface area contributed by atoms with Gasteiger partial charge in [-0.05, 0) is 57.9 Å².